The third-order valence-corrected chi connectivity index (χ3v) is 8.47. The smallest absolute Gasteiger partial charge is 0.338 e. The van der Waals surface area contributed by atoms with E-state index in [-0.39, 0.29) is 24.5 Å². The molecule has 3 aliphatic rings. The molecule has 2 N–H and O–H groups in total. The lowest BCUT2D eigenvalue weighted by Crippen LogP contribution is -2.38. The lowest BCUT2D eigenvalue weighted by atomic mass is 9.81. The van der Waals surface area contributed by atoms with E-state index in [9.17, 15) is 13.6 Å². The number of aliphatic imine (C=N–C) groups is 1. The van der Waals surface area contributed by atoms with E-state index in [1.165, 1.54) is 43.8 Å². The summed E-state index contributed by atoms with van der Waals surface area (Å²) in [5.41, 5.74) is 3.12. The van der Waals surface area contributed by atoms with Crippen molar-refractivity contribution >= 4 is 34.7 Å². The number of amidine groups is 1. The zero-order valence-corrected chi connectivity index (χ0v) is 23.7. The molecule has 1 fully saturated rings. The van der Waals surface area contributed by atoms with Crippen molar-refractivity contribution in [2.24, 2.45) is 10.9 Å². The Morgan fingerprint density at radius 2 is 2.07 bits per heavy atom. The average molecular weight is 606 g/mol. The number of allylic oxidation sites excluding steroid dienone is 1. The number of benzene rings is 1. The molecule has 3 unspecified atom stereocenters. The van der Waals surface area contributed by atoms with Crippen LogP contribution < -0.4 is 5.32 Å². The molecule has 41 heavy (non-hydrogen) atoms. The number of hydrogen-bond donors (Lipinski definition) is 2. The molecule has 4 heterocycles. The van der Waals surface area contributed by atoms with Gasteiger partial charge in [-0.15, -0.1) is 11.3 Å². The topological polar surface area (TPSA) is 101 Å². The van der Waals surface area contributed by atoms with E-state index >= 15 is 0 Å². The van der Waals surface area contributed by atoms with Crippen LogP contribution in [0.25, 0.3) is 0 Å². The summed E-state index contributed by atoms with van der Waals surface area (Å²) in [6.07, 6.45) is 9.97. The summed E-state index contributed by atoms with van der Waals surface area (Å²) in [5, 5.41) is 12.4. The van der Waals surface area contributed by atoms with Crippen molar-refractivity contribution in [1.29, 1.82) is 0 Å². The standard InChI is InChI=1S/C22H18ClF2N5O2S.C6H12O.CH4/c1-32-22(31)15-18(10-2-5-14-11(8-10)9-27-30-14)28-20(21-26-6-7-33-21)29-19(15)12-3-4-13(24)17(25)16(12)23;1-6-4-2-3-5-7-6;/h3-4,6-7,9-10,19H,2,5,8H2,1H3,(H,27,30)(H,28,29);6H,2-5H2,1H3;1H4. The number of esters is 1. The van der Waals surface area contributed by atoms with Crippen LogP contribution in [-0.2, 0) is 27.1 Å². The third kappa shape index (κ3) is 6.68. The number of fused-ring (bicyclic) bond motifs is 1. The summed E-state index contributed by atoms with van der Waals surface area (Å²) in [6, 6.07) is 1.32. The summed E-state index contributed by atoms with van der Waals surface area (Å²) < 4.78 is 38.5. The van der Waals surface area contributed by atoms with Crippen molar-refractivity contribution in [3.8, 4) is 0 Å². The summed E-state index contributed by atoms with van der Waals surface area (Å²) in [5.74, 6) is -2.54. The van der Waals surface area contributed by atoms with E-state index in [2.05, 4.69) is 32.4 Å². The van der Waals surface area contributed by atoms with Gasteiger partial charge in [-0.3, -0.25) is 10.1 Å². The maximum absolute atomic E-state index is 14.4. The Labute approximate surface area is 247 Å². The van der Waals surface area contributed by atoms with Crippen molar-refractivity contribution in [2.75, 3.05) is 13.7 Å². The Kier molecular flexibility index (Phi) is 10.3. The number of ether oxygens (including phenoxy) is 2. The minimum absolute atomic E-state index is 0. The fourth-order valence-electron chi connectivity index (χ4n) is 5.21. The molecule has 2 aliphatic heterocycles. The summed E-state index contributed by atoms with van der Waals surface area (Å²) >= 11 is 7.56. The highest BCUT2D eigenvalue weighted by Gasteiger charge is 2.38. The molecule has 0 bridgehead atoms. The van der Waals surface area contributed by atoms with Crippen molar-refractivity contribution < 1.29 is 23.0 Å². The number of thiazole rings is 1. The minimum atomic E-state index is -1.19. The van der Waals surface area contributed by atoms with Crippen LogP contribution >= 0.6 is 22.9 Å². The van der Waals surface area contributed by atoms with Crippen LogP contribution in [0, 0.1) is 17.6 Å². The second-order valence-corrected chi connectivity index (χ2v) is 11.2. The molecule has 0 amide bonds. The van der Waals surface area contributed by atoms with Gasteiger partial charge in [0.25, 0.3) is 0 Å². The molecule has 1 aliphatic carbocycles. The molecule has 0 radical (unpaired) electrons. The predicted octanol–water partition coefficient (Wildman–Crippen LogP) is 6.33. The maximum atomic E-state index is 14.4. The number of aromatic amines is 1. The highest BCUT2D eigenvalue weighted by Crippen LogP contribution is 2.41. The van der Waals surface area contributed by atoms with Gasteiger partial charge in [-0.2, -0.15) is 5.10 Å². The van der Waals surface area contributed by atoms with Crippen LogP contribution in [0.3, 0.4) is 0 Å². The highest BCUT2D eigenvalue weighted by molar-refractivity contribution is 7.11. The quantitative estimate of drug-likeness (QED) is 0.266. The Morgan fingerprint density at radius 3 is 2.73 bits per heavy atom. The van der Waals surface area contributed by atoms with Crippen molar-refractivity contribution in [1.82, 2.24) is 20.5 Å². The number of carbonyl (C=O) groups is 1. The minimum Gasteiger partial charge on any atom is -0.466 e. The second kappa shape index (κ2) is 13.7. The van der Waals surface area contributed by atoms with Crippen LogP contribution in [0.5, 0.6) is 0 Å². The number of nitrogens with zero attached hydrogens (tertiary/aromatic N) is 3. The number of rotatable bonds is 4. The second-order valence-electron chi connectivity index (χ2n) is 9.92. The van der Waals surface area contributed by atoms with Gasteiger partial charge in [0.2, 0.25) is 0 Å². The van der Waals surface area contributed by atoms with Gasteiger partial charge in [0.1, 0.15) is 6.04 Å². The molecule has 2 aromatic heterocycles. The van der Waals surface area contributed by atoms with Gasteiger partial charge >= 0.3 is 5.97 Å². The number of halogens is 3. The molecule has 3 atom stereocenters. The van der Waals surface area contributed by atoms with E-state index in [1.54, 1.807) is 17.8 Å². The Balaban J connectivity index is 0.000000425. The SMILES string of the molecule is C.CC1CCCCO1.COC(=O)C1=C(C2CCc3[nH]ncc3C2)NC(c2nccs2)=NC1c1ccc(F)c(F)c1Cl. The first kappa shape index (κ1) is 30.8. The van der Waals surface area contributed by atoms with Crippen LogP contribution in [0.4, 0.5) is 8.78 Å². The van der Waals surface area contributed by atoms with E-state index < -0.39 is 28.7 Å². The molecule has 1 aromatic carbocycles. The van der Waals surface area contributed by atoms with Gasteiger partial charge in [0, 0.05) is 41.1 Å². The fourth-order valence-corrected chi connectivity index (χ4v) is 6.06. The molecular weight excluding hydrogens is 572 g/mol. The number of aryl methyl sites for hydroxylation is 1. The van der Waals surface area contributed by atoms with Gasteiger partial charge in [-0.25, -0.2) is 18.6 Å². The molecular formula is C29H34ClF2N5O3S. The number of carbonyl (C=O) groups excluding carboxylic acids is 1. The molecule has 6 rings (SSSR count). The number of H-pyrrole nitrogens is 1. The van der Waals surface area contributed by atoms with Gasteiger partial charge in [-0.05, 0) is 57.1 Å². The number of methoxy groups -OCH3 is 1. The first-order chi connectivity index (χ1) is 19.4. The largest absolute Gasteiger partial charge is 0.466 e. The van der Waals surface area contributed by atoms with Crippen molar-refractivity contribution in [2.45, 2.75) is 65.0 Å². The molecule has 220 valence electrons. The third-order valence-electron chi connectivity index (χ3n) is 7.31. The van der Waals surface area contributed by atoms with Crippen LogP contribution in [0.1, 0.15) is 67.9 Å². The fraction of sp³-hybridized carbons (Fsp3) is 0.448. The molecule has 12 heteroatoms. The average Bonchev–Trinajstić information content (AvgIpc) is 3.68. The predicted molar refractivity (Wildman–Crippen MR) is 155 cm³/mol. The van der Waals surface area contributed by atoms with E-state index in [1.807, 2.05) is 0 Å². The van der Waals surface area contributed by atoms with Gasteiger partial charge in [-0.1, -0.05) is 25.1 Å². The normalized spacial score (nSPS) is 21.9. The van der Waals surface area contributed by atoms with E-state index in [0.29, 0.717) is 29.1 Å². The summed E-state index contributed by atoms with van der Waals surface area (Å²) in [6.45, 7) is 3.13. The van der Waals surface area contributed by atoms with Crippen LogP contribution in [0.2, 0.25) is 5.02 Å². The van der Waals surface area contributed by atoms with Crippen LogP contribution in [-0.4, -0.2) is 46.8 Å². The zero-order chi connectivity index (χ0) is 28.2. The van der Waals surface area contributed by atoms with E-state index in [0.717, 1.165) is 36.8 Å². The van der Waals surface area contributed by atoms with E-state index in [4.69, 9.17) is 21.1 Å². The first-order valence-corrected chi connectivity index (χ1v) is 14.5. The Hall–Kier alpha value is -3.15. The Bertz CT molecular complexity index is 1420. The first-order valence-electron chi connectivity index (χ1n) is 13.2. The van der Waals surface area contributed by atoms with Crippen molar-refractivity contribution in [3.63, 3.8) is 0 Å². The number of aromatic nitrogens is 3. The summed E-state index contributed by atoms with van der Waals surface area (Å²) in [4.78, 5) is 22.0. The molecule has 0 spiro atoms. The van der Waals surface area contributed by atoms with Gasteiger partial charge in [0.05, 0.1) is 30.0 Å². The lowest BCUT2D eigenvalue weighted by molar-refractivity contribution is -0.136. The zero-order valence-electron chi connectivity index (χ0n) is 22.2. The molecule has 0 saturated carbocycles. The number of nitrogens with one attached hydrogen (secondary N) is 2. The lowest BCUT2D eigenvalue weighted by Gasteiger charge is -2.33. The molecule has 8 nitrogen and oxygen atoms in total. The maximum Gasteiger partial charge on any atom is 0.338 e. The van der Waals surface area contributed by atoms with Crippen molar-refractivity contribution in [3.05, 3.63) is 79.7 Å². The summed E-state index contributed by atoms with van der Waals surface area (Å²) in [7, 11) is 1.27. The van der Waals surface area contributed by atoms with Gasteiger partial charge in [0.15, 0.2) is 22.5 Å². The van der Waals surface area contributed by atoms with Crippen LogP contribution in [0.15, 0.2) is 46.2 Å². The van der Waals surface area contributed by atoms with Gasteiger partial charge < -0.3 is 14.8 Å². The Morgan fingerprint density at radius 1 is 1.24 bits per heavy atom. The number of hydrogen-bond acceptors (Lipinski definition) is 8. The highest BCUT2D eigenvalue weighted by atomic mass is 35.5. The molecule has 3 aromatic rings. The molecule has 1 saturated heterocycles. The monoisotopic (exact) mass is 605 g/mol.